The van der Waals surface area contributed by atoms with E-state index in [-0.39, 0.29) is 0 Å². The van der Waals surface area contributed by atoms with Crippen LogP contribution in [0.2, 0.25) is 5.02 Å². The highest BCUT2D eigenvalue weighted by Gasteiger charge is 2.17. The van der Waals surface area contributed by atoms with E-state index in [0.717, 1.165) is 49.9 Å². The SMILES string of the molecule is CC(C)NCc1ccc(N(C)CC2CCOCC2)c(Cl)c1. The third-order valence-corrected chi connectivity index (χ3v) is 4.31. The molecule has 1 saturated heterocycles. The zero-order chi connectivity index (χ0) is 15.2. The Labute approximate surface area is 133 Å². The first kappa shape index (κ1) is 16.6. The molecule has 1 heterocycles. The Morgan fingerprint density at radius 1 is 1.33 bits per heavy atom. The van der Waals surface area contributed by atoms with Crippen molar-refractivity contribution in [1.29, 1.82) is 0 Å². The number of benzene rings is 1. The third-order valence-electron chi connectivity index (χ3n) is 4.01. The largest absolute Gasteiger partial charge is 0.381 e. The molecular weight excluding hydrogens is 284 g/mol. The lowest BCUT2D eigenvalue weighted by atomic mass is 9.99. The van der Waals surface area contributed by atoms with Crippen molar-refractivity contribution in [3.63, 3.8) is 0 Å². The molecule has 2 rings (SSSR count). The number of nitrogens with zero attached hydrogens (tertiary/aromatic N) is 1. The molecule has 0 amide bonds. The van der Waals surface area contributed by atoms with Crippen molar-refractivity contribution in [2.75, 3.05) is 31.7 Å². The lowest BCUT2D eigenvalue weighted by Crippen LogP contribution is -2.29. The average molecular weight is 311 g/mol. The van der Waals surface area contributed by atoms with E-state index in [4.69, 9.17) is 16.3 Å². The molecule has 0 spiro atoms. The van der Waals surface area contributed by atoms with Crippen molar-refractivity contribution in [2.24, 2.45) is 5.92 Å². The molecular formula is C17H27ClN2O. The van der Waals surface area contributed by atoms with Crippen molar-refractivity contribution in [3.05, 3.63) is 28.8 Å². The van der Waals surface area contributed by atoms with Gasteiger partial charge in [-0.2, -0.15) is 0 Å². The summed E-state index contributed by atoms with van der Waals surface area (Å²) in [5, 5.41) is 4.26. The van der Waals surface area contributed by atoms with E-state index in [1.165, 1.54) is 5.56 Å². The molecule has 0 bridgehead atoms. The predicted molar refractivity (Wildman–Crippen MR) is 90.2 cm³/mol. The van der Waals surface area contributed by atoms with Gasteiger partial charge in [-0.15, -0.1) is 0 Å². The van der Waals surface area contributed by atoms with Gasteiger partial charge in [0.2, 0.25) is 0 Å². The Kier molecular flexibility index (Phi) is 6.34. The van der Waals surface area contributed by atoms with E-state index >= 15 is 0 Å². The Morgan fingerprint density at radius 2 is 2.05 bits per heavy atom. The topological polar surface area (TPSA) is 24.5 Å². The molecule has 1 N–H and O–H groups in total. The fourth-order valence-electron chi connectivity index (χ4n) is 2.71. The van der Waals surface area contributed by atoms with E-state index in [0.29, 0.717) is 12.0 Å². The smallest absolute Gasteiger partial charge is 0.0642 e. The van der Waals surface area contributed by atoms with Crippen LogP contribution in [0.1, 0.15) is 32.3 Å². The highest BCUT2D eigenvalue weighted by molar-refractivity contribution is 6.33. The third kappa shape index (κ3) is 5.17. The Bertz CT molecular complexity index is 444. The van der Waals surface area contributed by atoms with E-state index < -0.39 is 0 Å². The maximum atomic E-state index is 6.46. The highest BCUT2D eigenvalue weighted by Crippen LogP contribution is 2.28. The average Bonchev–Trinajstić information content (AvgIpc) is 2.46. The van der Waals surface area contributed by atoms with Gasteiger partial charge in [0.1, 0.15) is 0 Å². The second kappa shape index (κ2) is 8.02. The molecule has 0 aromatic heterocycles. The van der Waals surface area contributed by atoms with Crippen LogP contribution in [0, 0.1) is 5.92 Å². The molecule has 4 heteroatoms. The molecule has 0 atom stereocenters. The van der Waals surface area contributed by atoms with E-state index in [2.05, 4.69) is 49.3 Å². The first-order valence-corrected chi connectivity index (χ1v) is 8.24. The highest BCUT2D eigenvalue weighted by atomic mass is 35.5. The fraction of sp³-hybridized carbons (Fsp3) is 0.647. The number of hydrogen-bond donors (Lipinski definition) is 1. The molecule has 0 radical (unpaired) electrons. The van der Waals surface area contributed by atoms with Gasteiger partial charge in [0, 0.05) is 39.4 Å². The number of anilines is 1. The first-order chi connectivity index (χ1) is 10.1. The van der Waals surface area contributed by atoms with Crippen LogP contribution in [0.25, 0.3) is 0 Å². The lowest BCUT2D eigenvalue weighted by molar-refractivity contribution is 0.0685. The number of hydrogen-bond acceptors (Lipinski definition) is 3. The normalized spacial score (nSPS) is 16.4. The van der Waals surface area contributed by atoms with E-state index in [1.54, 1.807) is 0 Å². The second-order valence-corrected chi connectivity index (χ2v) is 6.66. The number of nitrogens with one attached hydrogen (secondary N) is 1. The standard InChI is InChI=1S/C17H27ClN2O/c1-13(2)19-11-15-4-5-17(16(18)10-15)20(3)12-14-6-8-21-9-7-14/h4-5,10,13-14,19H,6-9,11-12H2,1-3H3. The minimum absolute atomic E-state index is 0.486. The molecule has 1 aliphatic heterocycles. The molecule has 0 aliphatic carbocycles. The van der Waals surface area contributed by atoms with Crippen LogP contribution in [0.3, 0.4) is 0 Å². The summed E-state index contributed by atoms with van der Waals surface area (Å²) in [5.74, 6) is 0.710. The zero-order valence-electron chi connectivity index (χ0n) is 13.4. The van der Waals surface area contributed by atoms with E-state index in [1.807, 2.05) is 0 Å². The zero-order valence-corrected chi connectivity index (χ0v) is 14.1. The van der Waals surface area contributed by atoms with Gasteiger partial charge in [-0.1, -0.05) is 31.5 Å². The lowest BCUT2D eigenvalue weighted by Gasteiger charge is -2.29. The van der Waals surface area contributed by atoms with Crippen molar-refractivity contribution < 1.29 is 4.74 Å². The van der Waals surface area contributed by atoms with E-state index in [9.17, 15) is 0 Å². The summed E-state index contributed by atoms with van der Waals surface area (Å²) in [7, 11) is 2.13. The molecule has 0 unspecified atom stereocenters. The van der Waals surface area contributed by atoms with Crippen LogP contribution in [-0.2, 0) is 11.3 Å². The maximum absolute atomic E-state index is 6.46. The van der Waals surface area contributed by atoms with Crippen LogP contribution in [0.5, 0.6) is 0 Å². The van der Waals surface area contributed by atoms with Gasteiger partial charge < -0.3 is 15.0 Å². The number of ether oxygens (including phenoxy) is 1. The molecule has 1 aliphatic rings. The van der Waals surface area contributed by atoms with Crippen molar-refractivity contribution in [1.82, 2.24) is 5.32 Å². The predicted octanol–water partition coefficient (Wildman–Crippen LogP) is 3.70. The van der Waals surface area contributed by atoms with Crippen LogP contribution in [0.15, 0.2) is 18.2 Å². The van der Waals surface area contributed by atoms with Gasteiger partial charge in [0.25, 0.3) is 0 Å². The first-order valence-electron chi connectivity index (χ1n) is 7.87. The van der Waals surface area contributed by atoms with Crippen LogP contribution in [-0.4, -0.2) is 32.8 Å². The molecule has 1 aromatic carbocycles. The maximum Gasteiger partial charge on any atom is 0.0642 e. The summed E-state index contributed by atoms with van der Waals surface area (Å²) >= 11 is 6.46. The molecule has 118 valence electrons. The summed E-state index contributed by atoms with van der Waals surface area (Å²) in [6.45, 7) is 8.00. The van der Waals surface area contributed by atoms with Crippen molar-refractivity contribution in [3.8, 4) is 0 Å². The molecule has 1 aromatic rings. The van der Waals surface area contributed by atoms with Gasteiger partial charge in [-0.25, -0.2) is 0 Å². The summed E-state index contributed by atoms with van der Waals surface area (Å²) < 4.78 is 5.42. The fourth-order valence-corrected chi connectivity index (χ4v) is 3.05. The van der Waals surface area contributed by atoms with Crippen molar-refractivity contribution in [2.45, 2.75) is 39.3 Å². The molecule has 21 heavy (non-hydrogen) atoms. The molecule has 0 saturated carbocycles. The summed E-state index contributed by atoms with van der Waals surface area (Å²) in [4.78, 5) is 2.28. The Hall–Kier alpha value is -0.770. The molecule has 3 nitrogen and oxygen atoms in total. The summed E-state index contributed by atoms with van der Waals surface area (Å²) in [6.07, 6.45) is 2.30. The van der Waals surface area contributed by atoms with Crippen LogP contribution < -0.4 is 10.2 Å². The summed E-state index contributed by atoms with van der Waals surface area (Å²) in [5.41, 5.74) is 2.35. The second-order valence-electron chi connectivity index (χ2n) is 6.26. The van der Waals surface area contributed by atoms with Gasteiger partial charge in [-0.3, -0.25) is 0 Å². The summed E-state index contributed by atoms with van der Waals surface area (Å²) in [6, 6.07) is 6.86. The minimum Gasteiger partial charge on any atom is -0.381 e. The Balaban J connectivity index is 1.95. The quantitative estimate of drug-likeness (QED) is 0.867. The molecule has 1 fully saturated rings. The monoisotopic (exact) mass is 310 g/mol. The van der Waals surface area contributed by atoms with Crippen LogP contribution >= 0.6 is 11.6 Å². The number of rotatable bonds is 6. The Morgan fingerprint density at radius 3 is 2.67 bits per heavy atom. The van der Waals surface area contributed by atoms with Gasteiger partial charge >= 0.3 is 0 Å². The van der Waals surface area contributed by atoms with Gasteiger partial charge in [0.15, 0.2) is 0 Å². The minimum atomic E-state index is 0.486. The number of halogens is 1. The van der Waals surface area contributed by atoms with Gasteiger partial charge in [0.05, 0.1) is 10.7 Å². The van der Waals surface area contributed by atoms with Crippen molar-refractivity contribution >= 4 is 17.3 Å². The van der Waals surface area contributed by atoms with Gasteiger partial charge in [-0.05, 0) is 36.5 Å². The van der Waals surface area contributed by atoms with Crippen LogP contribution in [0.4, 0.5) is 5.69 Å².